The van der Waals surface area contributed by atoms with Crippen LogP contribution < -0.4 is 10.6 Å². The molecule has 5 nitrogen and oxygen atoms in total. The fourth-order valence-electron chi connectivity index (χ4n) is 3.15. The number of benzene rings is 1. The molecule has 0 saturated carbocycles. The lowest BCUT2D eigenvalue weighted by Crippen LogP contribution is -2.41. The van der Waals surface area contributed by atoms with Gasteiger partial charge in [0.1, 0.15) is 0 Å². The number of guanidine groups is 1. The first-order valence-corrected chi connectivity index (χ1v) is 10.0. The van der Waals surface area contributed by atoms with Gasteiger partial charge in [-0.25, -0.2) is 0 Å². The van der Waals surface area contributed by atoms with Crippen molar-refractivity contribution in [1.82, 2.24) is 20.4 Å². The minimum atomic E-state index is 0. The lowest BCUT2D eigenvalue weighted by Gasteiger charge is -2.26. The number of aliphatic imine (C=N–C) groups is 1. The van der Waals surface area contributed by atoms with E-state index in [9.17, 15) is 0 Å². The number of hydrogen-bond acceptors (Lipinski definition) is 3. The zero-order valence-corrected chi connectivity index (χ0v) is 19.8. The van der Waals surface area contributed by atoms with Crippen LogP contribution in [0.4, 0.5) is 0 Å². The highest BCUT2D eigenvalue weighted by molar-refractivity contribution is 14.0. The van der Waals surface area contributed by atoms with E-state index in [1.807, 2.05) is 7.05 Å². The summed E-state index contributed by atoms with van der Waals surface area (Å²) in [5.41, 5.74) is 2.70. The summed E-state index contributed by atoms with van der Waals surface area (Å²) in [6, 6.07) is 9.55. The highest BCUT2D eigenvalue weighted by Crippen LogP contribution is 2.13. The number of rotatable bonds is 8. The van der Waals surface area contributed by atoms with E-state index in [-0.39, 0.29) is 24.0 Å². The molecule has 0 amide bonds. The number of hydrogen-bond donors (Lipinski definition) is 2. The van der Waals surface area contributed by atoms with Gasteiger partial charge in [-0.2, -0.15) is 0 Å². The summed E-state index contributed by atoms with van der Waals surface area (Å²) in [7, 11) is 3.97. The molecule has 6 heteroatoms. The van der Waals surface area contributed by atoms with Gasteiger partial charge in [-0.3, -0.25) is 9.89 Å². The summed E-state index contributed by atoms with van der Waals surface area (Å²) in [4.78, 5) is 9.20. The third-order valence-corrected chi connectivity index (χ3v) is 5.20. The van der Waals surface area contributed by atoms with Crippen LogP contribution in [0.3, 0.4) is 0 Å². The van der Waals surface area contributed by atoms with Crippen molar-refractivity contribution in [3.8, 4) is 0 Å². The van der Waals surface area contributed by atoms with Gasteiger partial charge in [0, 0.05) is 39.3 Å². The Morgan fingerprint density at radius 2 is 1.70 bits per heavy atom. The Morgan fingerprint density at radius 3 is 2.30 bits per heavy atom. The third-order valence-electron chi connectivity index (χ3n) is 5.20. The molecule has 0 radical (unpaired) electrons. The number of nitrogens with one attached hydrogen (secondary N) is 2. The highest BCUT2D eigenvalue weighted by Gasteiger charge is 2.10. The van der Waals surface area contributed by atoms with Crippen molar-refractivity contribution in [3.63, 3.8) is 0 Å². The van der Waals surface area contributed by atoms with Crippen LogP contribution in [0.2, 0.25) is 0 Å². The van der Waals surface area contributed by atoms with Crippen molar-refractivity contribution in [2.45, 2.75) is 52.2 Å². The smallest absolute Gasteiger partial charge is 0.191 e. The monoisotopic (exact) mass is 487 g/mol. The summed E-state index contributed by atoms with van der Waals surface area (Å²) in [6.45, 7) is 10.7. The van der Waals surface area contributed by atoms with Crippen molar-refractivity contribution < 1.29 is 0 Å². The molecule has 0 spiro atoms. The molecule has 0 aromatic heterocycles. The number of likely N-dealkylation sites (tertiary alicyclic amines) is 1. The fourth-order valence-corrected chi connectivity index (χ4v) is 3.15. The second-order valence-corrected chi connectivity index (χ2v) is 7.58. The van der Waals surface area contributed by atoms with Crippen molar-refractivity contribution in [2.24, 2.45) is 4.99 Å². The van der Waals surface area contributed by atoms with E-state index in [0.717, 1.165) is 32.1 Å². The quantitative estimate of drug-likeness (QED) is 0.336. The predicted octanol–water partition coefficient (Wildman–Crippen LogP) is 3.30. The SMILES string of the molecule is CN=C(NCCN(C)C(C)C)NCc1ccc(CN2CCCCC2)cc1.I. The van der Waals surface area contributed by atoms with Crippen LogP contribution in [0.1, 0.15) is 44.2 Å². The summed E-state index contributed by atoms with van der Waals surface area (Å²) >= 11 is 0. The molecule has 2 N–H and O–H groups in total. The van der Waals surface area contributed by atoms with E-state index >= 15 is 0 Å². The van der Waals surface area contributed by atoms with Crippen LogP contribution in [0.5, 0.6) is 0 Å². The molecule has 0 atom stereocenters. The van der Waals surface area contributed by atoms with Gasteiger partial charge in [-0.05, 0) is 58.0 Å². The first-order valence-electron chi connectivity index (χ1n) is 10.0. The van der Waals surface area contributed by atoms with E-state index in [1.165, 1.54) is 43.5 Å². The van der Waals surface area contributed by atoms with Crippen LogP contribution in [0.15, 0.2) is 29.3 Å². The second kappa shape index (κ2) is 13.3. The Labute approximate surface area is 183 Å². The molecule has 0 aliphatic carbocycles. The summed E-state index contributed by atoms with van der Waals surface area (Å²) in [5, 5.41) is 6.78. The Bertz CT molecular complexity index is 538. The van der Waals surface area contributed by atoms with Gasteiger partial charge in [0.15, 0.2) is 5.96 Å². The Morgan fingerprint density at radius 1 is 1.07 bits per heavy atom. The minimum Gasteiger partial charge on any atom is -0.355 e. The molecule has 0 bridgehead atoms. The van der Waals surface area contributed by atoms with Crippen molar-refractivity contribution in [1.29, 1.82) is 0 Å². The zero-order chi connectivity index (χ0) is 18.8. The summed E-state index contributed by atoms with van der Waals surface area (Å²) < 4.78 is 0. The Balaban J connectivity index is 0.00000364. The lowest BCUT2D eigenvalue weighted by atomic mass is 10.1. The van der Waals surface area contributed by atoms with E-state index in [2.05, 4.69) is 70.6 Å². The van der Waals surface area contributed by atoms with Gasteiger partial charge in [-0.15, -0.1) is 24.0 Å². The van der Waals surface area contributed by atoms with Crippen LogP contribution in [-0.2, 0) is 13.1 Å². The molecular weight excluding hydrogens is 449 g/mol. The predicted molar refractivity (Wildman–Crippen MR) is 127 cm³/mol. The molecule has 27 heavy (non-hydrogen) atoms. The van der Waals surface area contributed by atoms with Crippen molar-refractivity contribution in [3.05, 3.63) is 35.4 Å². The Hall–Kier alpha value is -0.860. The first-order chi connectivity index (χ1) is 12.6. The van der Waals surface area contributed by atoms with Gasteiger partial charge in [0.25, 0.3) is 0 Å². The molecule has 1 aromatic carbocycles. The second-order valence-electron chi connectivity index (χ2n) is 7.58. The molecule has 0 unspecified atom stereocenters. The number of likely N-dealkylation sites (N-methyl/N-ethyl adjacent to an activating group) is 1. The average molecular weight is 487 g/mol. The van der Waals surface area contributed by atoms with Crippen molar-refractivity contribution in [2.75, 3.05) is 40.3 Å². The molecule has 154 valence electrons. The molecule has 1 fully saturated rings. The number of nitrogens with zero attached hydrogens (tertiary/aromatic N) is 3. The maximum atomic E-state index is 4.31. The number of piperidine rings is 1. The molecule has 2 rings (SSSR count). The fraction of sp³-hybridized carbons (Fsp3) is 0.667. The van der Waals surface area contributed by atoms with Gasteiger partial charge in [0.05, 0.1) is 0 Å². The maximum Gasteiger partial charge on any atom is 0.191 e. The van der Waals surface area contributed by atoms with Gasteiger partial charge < -0.3 is 15.5 Å². The molecule has 1 aromatic rings. The number of halogens is 1. The van der Waals surface area contributed by atoms with Crippen LogP contribution >= 0.6 is 24.0 Å². The standard InChI is InChI=1S/C21H37N5.HI/c1-18(2)25(4)15-12-23-21(22-3)24-16-19-8-10-20(11-9-19)17-26-13-6-5-7-14-26;/h8-11,18H,5-7,12-17H2,1-4H3,(H2,22,23,24);1H. The lowest BCUT2D eigenvalue weighted by molar-refractivity contribution is 0.221. The average Bonchev–Trinajstić information content (AvgIpc) is 2.66. The van der Waals surface area contributed by atoms with Crippen LogP contribution in [-0.4, -0.2) is 62.1 Å². The maximum absolute atomic E-state index is 4.31. The zero-order valence-electron chi connectivity index (χ0n) is 17.5. The van der Waals surface area contributed by atoms with Gasteiger partial charge in [0.2, 0.25) is 0 Å². The Kier molecular flexibility index (Phi) is 11.9. The van der Waals surface area contributed by atoms with Crippen LogP contribution in [0.25, 0.3) is 0 Å². The molecule has 1 heterocycles. The third kappa shape index (κ3) is 9.25. The first kappa shape index (κ1) is 24.2. The van der Waals surface area contributed by atoms with Gasteiger partial charge in [-0.1, -0.05) is 30.7 Å². The largest absolute Gasteiger partial charge is 0.355 e. The van der Waals surface area contributed by atoms with E-state index in [4.69, 9.17) is 0 Å². The summed E-state index contributed by atoms with van der Waals surface area (Å²) in [5.74, 6) is 0.861. The van der Waals surface area contributed by atoms with Gasteiger partial charge >= 0.3 is 0 Å². The molecule has 1 saturated heterocycles. The highest BCUT2D eigenvalue weighted by atomic mass is 127. The molecule has 1 aliphatic heterocycles. The minimum absolute atomic E-state index is 0. The van der Waals surface area contributed by atoms with Crippen LogP contribution in [0, 0.1) is 0 Å². The topological polar surface area (TPSA) is 42.9 Å². The van der Waals surface area contributed by atoms with E-state index in [1.54, 1.807) is 0 Å². The van der Waals surface area contributed by atoms with E-state index < -0.39 is 0 Å². The molecule has 1 aliphatic rings. The normalized spacial score (nSPS) is 15.7. The summed E-state index contributed by atoms with van der Waals surface area (Å²) in [6.07, 6.45) is 4.09. The van der Waals surface area contributed by atoms with Crippen molar-refractivity contribution >= 4 is 29.9 Å². The van der Waals surface area contributed by atoms with E-state index in [0.29, 0.717) is 6.04 Å². The molecular formula is C21H38IN5.